The van der Waals surface area contributed by atoms with Crippen LogP contribution in [-0.4, -0.2) is 6.54 Å². The molecule has 1 nitrogen and oxygen atoms in total. The van der Waals surface area contributed by atoms with Crippen LogP contribution < -0.4 is 22.3 Å². The second-order valence-corrected chi connectivity index (χ2v) is 4.66. The summed E-state index contributed by atoms with van der Waals surface area (Å²) in [5.41, 5.74) is 3.43. The highest BCUT2D eigenvalue weighted by atomic mass is 79.9. The van der Waals surface area contributed by atoms with E-state index in [0.717, 1.165) is 11.1 Å². The van der Waals surface area contributed by atoms with Gasteiger partial charge >= 0.3 is 0 Å². The van der Waals surface area contributed by atoms with Crippen molar-refractivity contribution in [2.45, 2.75) is 13.0 Å². The second kappa shape index (κ2) is 9.03. The van der Waals surface area contributed by atoms with Gasteiger partial charge in [0.25, 0.3) is 0 Å². The molecule has 0 bridgehead atoms. The first kappa shape index (κ1) is 17.1. The number of nitrogens with two attached hydrogens (primary N) is 1. The maximum absolute atomic E-state index is 5.61. The van der Waals surface area contributed by atoms with Gasteiger partial charge in [0.05, 0.1) is 0 Å². The summed E-state index contributed by atoms with van der Waals surface area (Å²) >= 11 is 0. The molecule has 106 valence electrons. The lowest BCUT2D eigenvalue weighted by Gasteiger charge is -2.08. The van der Waals surface area contributed by atoms with Gasteiger partial charge in [-0.3, -0.25) is 0 Å². The fraction of sp³-hybridized carbons (Fsp3) is 0.158. The Morgan fingerprint density at radius 2 is 1.71 bits per heavy atom. The van der Waals surface area contributed by atoms with Crippen molar-refractivity contribution in [3.63, 3.8) is 0 Å². The molecule has 2 N–H and O–H groups in total. The molecule has 0 spiro atoms. The van der Waals surface area contributed by atoms with Crippen molar-refractivity contribution in [1.82, 2.24) is 0 Å². The van der Waals surface area contributed by atoms with Crippen molar-refractivity contribution < 1.29 is 22.3 Å². The van der Waals surface area contributed by atoms with E-state index in [4.69, 9.17) is 6.42 Å². The third kappa shape index (κ3) is 5.48. The van der Waals surface area contributed by atoms with E-state index in [9.17, 15) is 0 Å². The summed E-state index contributed by atoms with van der Waals surface area (Å²) in [7, 11) is 0. The van der Waals surface area contributed by atoms with Gasteiger partial charge in [-0.15, -0.1) is 6.42 Å². The van der Waals surface area contributed by atoms with Crippen molar-refractivity contribution in [1.29, 1.82) is 0 Å². The number of quaternary nitrogens is 1. The van der Waals surface area contributed by atoms with Gasteiger partial charge in [-0.2, -0.15) is 0 Å². The van der Waals surface area contributed by atoms with Crippen molar-refractivity contribution >= 4 is 0 Å². The van der Waals surface area contributed by atoms with E-state index in [1.165, 1.54) is 5.56 Å². The Morgan fingerprint density at radius 1 is 1.05 bits per heavy atom. The summed E-state index contributed by atoms with van der Waals surface area (Å²) in [6.45, 7) is 2.77. The summed E-state index contributed by atoms with van der Waals surface area (Å²) in [4.78, 5) is 0. The lowest BCUT2D eigenvalue weighted by molar-refractivity contribution is -0.673. The van der Waals surface area contributed by atoms with E-state index in [0.29, 0.717) is 6.54 Å². The molecule has 0 aliphatic carbocycles. The molecule has 0 amide bonds. The normalized spacial score (nSPS) is 10.5. The van der Waals surface area contributed by atoms with Gasteiger partial charge in [-0.05, 0) is 30.9 Å². The smallest absolute Gasteiger partial charge is 0.174 e. The maximum atomic E-state index is 5.61. The minimum absolute atomic E-state index is 0. The predicted octanol–water partition coefficient (Wildman–Crippen LogP) is -0.712. The standard InChI is InChI=1S/C19H17N.BrH/c1-3-19(18-13-11-16(2)12-14-18)20-15-7-10-17-8-5-4-6-9-17;/h1,4-6,8-9,11-14,19-20H,15H2,2H3;1H. The van der Waals surface area contributed by atoms with Gasteiger partial charge in [-0.1, -0.05) is 53.9 Å². The summed E-state index contributed by atoms with van der Waals surface area (Å²) in [5.74, 6) is 9.09. The summed E-state index contributed by atoms with van der Waals surface area (Å²) in [6, 6.07) is 18.4. The Bertz CT molecular complexity index is 642. The molecule has 21 heavy (non-hydrogen) atoms. The minimum atomic E-state index is 0. The Kier molecular flexibility index (Phi) is 7.33. The molecule has 1 atom stereocenters. The Hall–Kier alpha value is -2.00. The number of hydrogen-bond acceptors (Lipinski definition) is 0. The molecule has 0 heterocycles. The SMILES string of the molecule is C#CC([NH2+]CC#Cc1ccccc1)c1ccc(C)cc1.[Br-]. The Balaban J connectivity index is 0.00000220. The van der Waals surface area contributed by atoms with E-state index >= 15 is 0 Å². The van der Waals surface area contributed by atoms with Crippen LogP contribution in [0.4, 0.5) is 0 Å². The van der Waals surface area contributed by atoms with E-state index < -0.39 is 0 Å². The fourth-order valence-corrected chi connectivity index (χ4v) is 1.93. The lowest BCUT2D eigenvalue weighted by Crippen LogP contribution is -3.00. The number of halogens is 1. The molecule has 1 unspecified atom stereocenters. The first-order chi connectivity index (χ1) is 9.79. The molecule has 2 aromatic carbocycles. The van der Waals surface area contributed by atoms with Crippen LogP contribution in [0, 0.1) is 31.1 Å². The number of terminal acetylenes is 1. The minimum Gasteiger partial charge on any atom is -1.00 e. The van der Waals surface area contributed by atoms with Crippen LogP contribution in [-0.2, 0) is 0 Å². The maximum Gasteiger partial charge on any atom is 0.174 e. The average Bonchev–Trinajstić information content (AvgIpc) is 2.50. The fourth-order valence-electron chi connectivity index (χ4n) is 1.93. The molecule has 2 aromatic rings. The van der Waals surface area contributed by atoms with Crippen molar-refractivity contribution in [3.05, 3.63) is 71.3 Å². The monoisotopic (exact) mass is 339 g/mol. The van der Waals surface area contributed by atoms with Crippen LogP contribution in [0.2, 0.25) is 0 Å². The van der Waals surface area contributed by atoms with Gasteiger partial charge in [0.1, 0.15) is 6.54 Å². The second-order valence-electron chi connectivity index (χ2n) is 4.66. The lowest BCUT2D eigenvalue weighted by atomic mass is 10.1. The molecule has 0 aliphatic heterocycles. The Labute approximate surface area is 137 Å². The third-order valence-electron chi connectivity index (χ3n) is 3.08. The van der Waals surface area contributed by atoms with Gasteiger partial charge in [-0.25, -0.2) is 0 Å². The summed E-state index contributed by atoms with van der Waals surface area (Å²) in [6.07, 6.45) is 5.61. The van der Waals surface area contributed by atoms with Crippen LogP contribution in [0.1, 0.15) is 22.7 Å². The molecule has 2 rings (SSSR count). The molecule has 2 heteroatoms. The van der Waals surface area contributed by atoms with E-state index in [1.807, 2.05) is 30.3 Å². The number of rotatable bonds is 3. The number of benzene rings is 2. The number of hydrogen-bond donors (Lipinski definition) is 1. The zero-order chi connectivity index (χ0) is 14.2. The molecule has 0 saturated heterocycles. The van der Waals surface area contributed by atoms with Crippen LogP contribution in [0.5, 0.6) is 0 Å². The molecule has 0 aliphatic rings. The zero-order valence-electron chi connectivity index (χ0n) is 12.0. The highest BCUT2D eigenvalue weighted by Gasteiger charge is 2.09. The molecular formula is C19H18BrN. The molecule has 0 radical (unpaired) electrons. The molecular weight excluding hydrogens is 322 g/mol. The van der Waals surface area contributed by atoms with Crippen LogP contribution >= 0.6 is 0 Å². The highest BCUT2D eigenvalue weighted by molar-refractivity contribution is 5.33. The Morgan fingerprint density at radius 3 is 2.33 bits per heavy atom. The first-order valence-electron chi connectivity index (χ1n) is 6.69. The highest BCUT2D eigenvalue weighted by Crippen LogP contribution is 2.09. The van der Waals surface area contributed by atoms with Gasteiger partial charge in [0, 0.05) is 11.1 Å². The average molecular weight is 340 g/mol. The molecule has 0 aromatic heterocycles. The number of aryl methyl sites for hydroxylation is 1. The zero-order valence-corrected chi connectivity index (χ0v) is 13.6. The van der Waals surface area contributed by atoms with Crippen LogP contribution in [0.3, 0.4) is 0 Å². The van der Waals surface area contributed by atoms with Crippen molar-refractivity contribution in [2.24, 2.45) is 0 Å². The van der Waals surface area contributed by atoms with E-state index in [-0.39, 0.29) is 23.0 Å². The van der Waals surface area contributed by atoms with Crippen molar-refractivity contribution in [3.8, 4) is 24.2 Å². The molecule has 0 fully saturated rings. The van der Waals surface area contributed by atoms with E-state index in [2.05, 4.69) is 54.3 Å². The third-order valence-corrected chi connectivity index (χ3v) is 3.08. The van der Waals surface area contributed by atoms with Crippen molar-refractivity contribution in [2.75, 3.05) is 6.54 Å². The summed E-state index contributed by atoms with van der Waals surface area (Å²) in [5, 5.41) is 2.08. The van der Waals surface area contributed by atoms with Gasteiger partial charge in [0.2, 0.25) is 0 Å². The predicted molar refractivity (Wildman–Crippen MR) is 82.9 cm³/mol. The largest absolute Gasteiger partial charge is 1.00 e. The molecule has 0 saturated carbocycles. The summed E-state index contributed by atoms with van der Waals surface area (Å²) < 4.78 is 0. The van der Waals surface area contributed by atoms with Gasteiger partial charge < -0.3 is 22.3 Å². The van der Waals surface area contributed by atoms with Crippen LogP contribution in [0.25, 0.3) is 0 Å². The first-order valence-corrected chi connectivity index (χ1v) is 6.69. The van der Waals surface area contributed by atoms with Crippen LogP contribution in [0.15, 0.2) is 54.6 Å². The quantitative estimate of drug-likeness (QED) is 0.711. The topological polar surface area (TPSA) is 16.6 Å². The van der Waals surface area contributed by atoms with Gasteiger partial charge in [0.15, 0.2) is 6.04 Å². The van der Waals surface area contributed by atoms with E-state index in [1.54, 1.807) is 0 Å².